The molecule has 6 heteroatoms. The van der Waals surface area contributed by atoms with E-state index in [1.54, 1.807) is 6.20 Å². The van der Waals surface area contributed by atoms with Crippen LogP contribution in [0.15, 0.2) is 18.5 Å². The van der Waals surface area contributed by atoms with Crippen molar-refractivity contribution in [2.75, 3.05) is 6.54 Å². The first-order valence-corrected chi connectivity index (χ1v) is 6.01. The van der Waals surface area contributed by atoms with Gasteiger partial charge in [-0.1, -0.05) is 20.8 Å². The van der Waals surface area contributed by atoms with Crippen molar-refractivity contribution in [2.24, 2.45) is 17.6 Å². The van der Waals surface area contributed by atoms with Crippen LogP contribution in [0.1, 0.15) is 20.8 Å². The number of carbonyl (C=O) groups is 1. The molecule has 5 nitrogen and oxygen atoms in total. The standard InChI is InChI=1S/C12H22N4O.ClH/c1-9(2)11(13)12(17)14-7-10(3)8-16-6-4-5-15-16;/h4-6,9-11H,7-8,13H2,1-3H3,(H,14,17);1H/t10?,11-;/m0./s1. The molecule has 0 fully saturated rings. The van der Waals surface area contributed by atoms with E-state index in [0.29, 0.717) is 12.5 Å². The number of hydrogen-bond donors (Lipinski definition) is 2. The van der Waals surface area contributed by atoms with E-state index in [1.807, 2.05) is 30.8 Å². The van der Waals surface area contributed by atoms with Crippen molar-refractivity contribution in [1.29, 1.82) is 0 Å². The number of nitrogens with one attached hydrogen (secondary N) is 1. The lowest BCUT2D eigenvalue weighted by molar-refractivity contribution is -0.123. The van der Waals surface area contributed by atoms with Gasteiger partial charge in [-0.15, -0.1) is 12.4 Å². The van der Waals surface area contributed by atoms with Crippen molar-refractivity contribution < 1.29 is 4.79 Å². The van der Waals surface area contributed by atoms with Gasteiger partial charge in [-0.3, -0.25) is 9.48 Å². The number of aromatic nitrogens is 2. The molecule has 1 heterocycles. The first-order chi connectivity index (χ1) is 8.00. The number of carbonyl (C=O) groups excluding carboxylic acids is 1. The van der Waals surface area contributed by atoms with Gasteiger partial charge in [-0.2, -0.15) is 5.10 Å². The Labute approximate surface area is 115 Å². The summed E-state index contributed by atoms with van der Waals surface area (Å²) in [6, 6.07) is 1.46. The highest BCUT2D eigenvalue weighted by Gasteiger charge is 2.17. The summed E-state index contributed by atoms with van der Waals surface area (Å²) in [5.74, 6) is 0.418. The van der Waals surface area contributed by atoms with Crippen molar-refractivity contribution in [3.8, 4) is 0 Å². The molecule has 0 spiro atoms. The smallest absolute Gasteiger partial charge is 0.237 e. The molecule has 1 unspecified atom stereocenters. The Bertz CT molecular complexity index is 340. The van der Waals surface area contributed by atoms with Gasteiger partial charge in [0.25, 0.3) is 0 Å². The summed E-state index contributed by atoms with van der Waals surface area (Å²) in [5, 5.41) is 7.00. The molecule has 0 saturated heterocycles. The minimum absolute atomic E-state index is 0. The number of nitrogens with zero attached hydrogens (tertiary/aromatic N) is 2. The third kappa shape index (κ3) is 5.51. The predicted octanol–water partition coefficient (Wildman–Crippen LogP) is 1.04. The molecule has 2 atom stereocenters. The van der Waals surface area contributed by atoms with Crippen LogP contribution in [0, 0.1) is 11.8 Å². The van der Waals surface area contributed by atoms with E-state index in [-0.39, 0.29) is 24.2 Å². The van der Waals surface area contributed by atoms with Crippen molar-refractivity contribution >= 4 is 18.3 Å². The van der Waals surface area contributed by atoms with Gasteiger partial charge >= 0.3 is 0 Å². The number of nitrogens with two attached hydrogens (primary N) is 1. The Hall–Kier alpha value is -1.07. The zero-order valence-corrected chi connectivity index (χ0v) is 12.0. The second kappa shape index (κ2) is 8.11. The number of halogens is 1. The van der Waals surface area contributed by atoms with Crippen LogP contribution in [0.5, 0.6) is 0 Å². The third-order valence-corrected chi connectivity index (χ3v) is 2.70. The molecule has 0 aliphatic rings. The quantitative estimate of drug-likeness (QED) is 0.814. The van der Waals surface area contributed by atoms with E-state index in [1.165, 1.54) is 0 Å². The zero-order chi connectivity index (χ0) is 12.8. The monoisotopic (exact) mass is 274 g/mol. The summed E-state index contributed by atoms with van der Waals surface area (Å²) in [6.07, 6.45) is 3.66. The molecule has 3 N–H and O–H groups in total. The van der Waals surface area contributed by atoms with Crippen LogP contribution in [0.4, 0.5) is 0 Å². The molecule has 0 bridgehead atoms. The molecule has 0 aromatic carbocycles. The van der Waals surface area contributed by atoms with Crippen molar-refractivity contribution in [3.63, 3.8) is 0 Å². The largest absolute Gasteiger partial charge is 0.354 e. The fourth-order valence-corrected chi connectivity index (χ4v) is 1.49. The van der Waals surface area contributed by atoms with Crippen LogP contribution in [0.25, 0.3) is 0 Å². The topological polar surface area (TPSA) is 72.9 Å². The Morgan fingerprint density at radius 3 is 2.61 bits per heavy atom. The molecule has 104 valence electrons. The highest BCUT2D eigenvalue weighted by Crippen LogP contribution is 2.00. The Morgan fingerprint density at radius 2 is 2.11 bits per heavy atom. The minimum Gasteiger partial charge on any atom is -0.354 e. The van der Waals surface area contributed by atoms with Crippen LogP contribution in [0.2, 0.25) is 0 Å². The van der Waals surface area contributed by atoms with Gasteiger partial charge in [0.2, 0.25) is 5.91 Å². The van der Waals surface area contributed by atoms with Gasteiger partial charge in [0.1, 0.15) is 0 Å². The van der Waals surface area contributed by atoms with E-state index >= 15 is 0 Å². The van der Waals surface area contributed by atoms with Crippen LogP contribution in [-0.2, 0) is 11.3 Å². The second-order valence-corrected chi connectivity index (χ2v) is 4.85. The van der Waals surface area contributed by atoms with E-state index in [0.717, 1.165) is 6.54 Å². The molecule has 0 radical (unpaired) electrons. The lowest BCUT2D eigenvalue weighted by atomic mass is 10.0. The summed E-state index contributed by atoms with van der Waals surface area (Å²) < 4.78 is 1.86. The zero-order valence-electron chi connectivity index (χ0n) is 11.2. The van der Waals surface area contributed by atoms with Crippen LogP contribution in [0.3, 0.4) is 0 Å². The minimum atomic E-state index is -0.424. The molecule has 18 heavy (non-hydrogen) atoms. The molecule has 1 amide bonds. The van der Waals surface area contributed by atoms with Crippen LogP contribution >= 0.6 is 12.4 Å². The van der Waals surface area contributed by atoms with E-state index in [9.17, 15) is 4.79 Å². The number of hydrogen-bond acceptors (Lipinski definition) is 3. The van der Waals surface area contributed by atoms with Crippen molar-refractivity contribution in [3.05, 3.63) is 18.5 Å². The van der Waals surface area contributed by atoms with Gasteiger partial charge in [-0.25, -0.2) is 0 Å². The van der Waals surface area contributed by atoms with E-state index in [2.05, 4.69) is 17.3 Å². The molecule has 0 aliphatic carbocycles. The van der Waals surface area contributed by atoms with Crippen molar-refractivity contribution in [2.45, 2.75) is 33.4 Å². The molecule has 0 aliphatic heterocycles. The van der Waals surface area contributed by atoms with Crippen LogP contribution < -0.4 is 11.1 Å². The van der Waals surface area contributed by atoms with Crippen LogP contribution in [-0.4, -0.2) is 28.3 Å². The Kier molecular flexibility index (Phi) is 7.62. The molecule has 0 saturated carbocycles. The molecule has 1 aromatic rings. The van der Waals surface area contributed by atoms with E-state index in [4.69, 9.17) is 5.73 Å². The van der Waals surface area contributed by atoms with Gasteiger partial charge in [0, 0.05) is 25.5 Å². The third-order valence-electron chi connectivity index (χ3n) is 2.70. The molecular weight excluding hydrogens is 252 g/mol. The first-order valence-electron chi connectivity index (χ1n) is 6.01. The van der Waals surface area contributed by atoms with Gasteiger partial charge in [-0.05, 0) is 17.9 Å². The average molecular weight is 275 g/mol. The SMILES string of the molecule is CC(CNC(=O)[C@@H](N)C(C)C)Cn1cccn1.Cl. The summed E-state index contributed by atoms with van der Waals surface area (Å²) in [5.41, 5.74) is 5.75. The Morgan fingerprint density at radius 1 is 1.44 bits per heavy atom. The summed E-state index contributed by atoms with van der Waals surface area (Å²) in [4.78, 5) is 11.6. The number of rotatable bonds is 6. The maximum atomic E-state index is 11.6. The van der Waals surface area contributed by atoms with E-state index < -0.39 is 6.04 Å². The lowest BCUT2D eigenvalue weighted by Crippen LogP contribution is -2.45. The maximum Gasteiger partial charge on any atom is 0.237 e. The maximum absolute atomic E-state index is 11.6. The fraction of sp³-hybridized carbons (Fsp3) is 0.667. The number of amides is 1. The molecule has 1 rings (SSSR count). The Balaban J connectivity index is 0.00000289. The van der Waals surface area contributed by atoms with Gasteiger partial charge in [0.05, 0.1) is 6.04 Å². The molecular formula is C12H23ClN4O. The summed E-state index contributed by atoms with van der Waals surface area (Å²) >= 11 is 0. The first kappa shape index (κ1) is 16.9. The normalized spacial score (nSPS) is 13.8. The highest BCUT2D eigenvalue weighted by atomic mass is 35.5. The second-order valence-electron chi connectivity index (χ2n) is 4.85. The summed E-state index contributed by atoms with van der Waals surface area (Å²) in [7, 11) is 0. The van der Waals surface area contributed by atoms with Crippen molar-refractivity contribution in [1.82, 2.24) is 15.1 Å². The lowest BCUT2D eigenvalue weighted by Gasteiger charge is -2.17. The highest BCUT2D eigenvalue weighted by molar-refractivity contribution is 5.85. The fourth-order valence-electron chi connectivity index (χ4n) is 1.49. The average Bonchev–Trinajstić information content (AvgIpc) is 2.77. The van der Waals surface area contributed by atoms with Gasteiger partial charge in [0.15, 0.2) is 0 Å². The summed E-state index contributed by atoms with van der Waals surface area (Å²) in [6.45, 7) is 7.38. The molecule has 1 aromatic heterocycles. The van der Waals surface area contributed by atoms with Gasteiger partial charge < -0.3 is 11.1 Å². The predicted molar refractivity (Wildman–Crippen MR) is 74.5 cm³/mol.